The minimum absolute atomic E-state index is 0. The second-order valence-corrected chi connectivity index (χ2v) is 8.73. The molecule has 1 fully saturated rings. The molecule has 0 radical (unpaired) electrons. The van der Waals surface area contributed by atoms with Gasteiger partial charge in [-0.3, -0.25) is 9.52 Å². The van der Waals surface area contributed by atoms with Crippen LogP contribution in [0.2, 0.25) is 0 Å². The number of anilines is 1. The van der Waals surface area contributed by atoms with E-state index in [0.717, 1.165) is 25.7 Å². The van der Waals surface area contributed by atoms with Crippen LogP contribution in [-0.4, -0.2) is 38.8 Å². The monoisotopic (exact) mass is 419 g/mol. The zero-order valence-corrected chi connectivity index (χ0v) is 17.4. The van der Waals surface area contributed by atoms with E-state index < -0.39 is 21.7 Å². The van der Waals surface area contributed by atoms with Gasteiger partial charge in [-0.25, -0.2) is 8.42 Å². The van der Waals surface area contributed by atoms with Gasteiger partial charge in [-0.2, -0.15) is 0 Å². The second-order valence-electron chi connectivity index (χ2n) is 7.01. The molecule has 0 aromatic heterocycles. The van der Waals surface area contributed by atoms with Gasteiger partial charge >= 0.3 is 0 Å². The quantitative estimate of drug-likeness (QED) is 0.598. The lowest BCUT2D eigenvalue weighted by molar-refractivity contribution is -0.119. The van der Waals surface area contributed by atoms with E-state index in [-0.39, 0.29) is 30.5 Å². The van der Waals surface area contributed by atoms with Crippen LogP contribution in [0.4, 0.5) is 5.69 Å². The van der Waals surface area contributed by atoms with Gasteiger partial charge in [0, 0.05) is 11.7 Å². The van der Waals surface area contributed by atoms with Crippen molar-refractivity contribution in [2.75, 3.05) is 17.0 Å². The maximum absolute atomic E-state index is 12.2. The predicted molar refractivity (Wildman–Crippen MR) is 110 cm³/mol. The molecule has 0 aliphatic heterocycles. The smallest absolute Gasteiger partial charge is 0.241 e. The number of rotatable bonds is 8. The normalized spacial score (nSPS) is 19.9. The van der Waals surface area contributed by atoms with Crippen LogP contribution in [0.25, 0.3) is 0 Å². The van der Waals surface area contributed by atoms with Gasteiger partial charge in [0.1, 0.15) is 11.5 Å². The summed E-state index contributed by atoms with van der Waals surface area (Å²) in [5.74, 6) is -0.226. The van der Waals surface area contributed by atoms with Gasteiger partial charge in [0.25, 0.3) is 0 Å². The molecule has 1 amide bonds. The van der Waals surface area contributed by atoms with E-state index in [0.29, 0.717) is 18.0 Å². The largest absolute Gasteiger partial charge is 0.491 e. The topological polar surface area (TPSA) is 111 Å². The molecular formula is C18H30ClN3O4S. The number of benzene rings is 1. The fraction of sp³-hybridized carbons (Fsp3) is 0.611. The third kappa shape index (κ3) is 7.94. The number of sulfonamides is 1. The Morgan fingerprint density at radius 3 is 2.44 bits per heavy atom. The molecule has 4 N–H and O–H groups in total. The average molecular weight is 420 g/mol. The number of halogens is 1. The molecule has 2 unspecified atom stereocenters. The molecule has 1 saturated carbocycles. The van der Waals surface area contributed by atoms with Gasteiger partial charge in [-0.1, -0.05) is 12.8 Å². The Hall–Kier alpha value is -1.51. The Bertz CT molecular complexity index is 695. The minimum Gasteiger partial charge on any atom is -0.491 e. The van der Waals surface area contributed by atoms with Crippen molar-refractivity contribution in [1.82, 2.24) is 5.32 Å². The molecule has 1 aliphatic rings. The van der Waals surface area contributed by atoms with Crippen LogP contribution in [0.15, 0.2) is 24.3 Å². The Morgan fingerprint density at radius 1 is 1.22 bits per heavy atom. The van der Waals surface area contributed by atoms with Crippen molar-refractivity contribution in [3.8, 4) is 5.75 Å². The van der Waals surface area contributed by atoms with Crippen LogP contribution >= 0.6 is 12.4 Å². The fourth-order valence-electron chi connectivity index (χ4n) is 3.19. The number of hydrogen-bond acceptors (Lipinski definition) is 5. The van der Waals surface area contributed by atoms with Gasteiger partial charge in [0.15, 0.2) is 0 Å². The number of ether oxygens (including phenoxy) is 1. The Morgan fingerprint density at radius 2 is 1.85 bits per heavy atom. The second kappa shape index (κ2) is 10.7. The highest BCUT2D eigenvalue weighted by molar-refractivity contribution is 7.93. The fourth-order valence-corrected chi connectivity index (χ4v) is 4.19. The minimum atomic E-state index is -3.78. The van der Waals surface area contributed by atoms with E-state index in [2.05, 4.69) is 10.0 Å². The molecule has 1 aromatic rings. The molecule has 0 spiro atoms. The number of nitrogens with two attached hydrogens (primary N) is 1. The molecule has 27 heavy (non-hydrogen) atoms. The molecule has 154 valence electrons. The van der Waals surface area contributed by atoms with Crippen LogP contribution in [0.3, 0.4) is 0 Å². The number of carbonyl (C=O) groups is 1. The molecule has 0 bridgehead atoms. The highest BCUT2D eigenvalue weighted by Crippen LogP contribution is 2.23. The van der Waals surface area contributed by atoms with E-state index in [1.54, 1.807) is 24.3 Å². The van der Waals surface area contributed by atoms with E-state index in [1.807, 2.05) is 13.8 Å². The lowest BCUT2D eigenvalue weighted by atomic mass is 9.84. The Kier molecular flexibility index (Phi) is 9.35. The van der Waals surface area contributed by atoms with Crippen molar-refractivity contribution in [3.05, 3.63) is 24.3 Å². The van der Waals surface area contributed by atoms with Crippen molar-refractivity contribution < 1.29 is 17.9 Å². The summed E-state index contributed by atoms with van der Waals surface area (Å²) in [6, 6.07) is 6.55. The van der Waals surface area contributed by atoms with Crippen molar-refractivity contribution in [3.63, 3.8) is 0 Å². The standard InChI is InChI=1S/C18H29N3O4S.ClH/c1-13(2)25-16-9-7-15(8-10-16)21-26(23,24)12-18(22)20-17-6-4-3-5-14(17)11-19;/h7-10,13-14,17,21H,3-6,11-12,19H2,1-2H3,(H,20,22);1H. The first-order valence-electron chi connectivity index (χ1n) is 9.05. The molecule has 1 aromatic carbocycles. The summed E-state index contributed by atoms with van der Waals surface area (Å²) in [5.41, 5.74) is 6.14. The number of nitrogens with one attached hydrogen (secondary N) is 2. The molecule has 1 aliphatic carbocycles. The molecule has 2 atom stereocenters. The third-order valence-corrected chi connectivity index (χ3v) is 5.57. The van der Waals surface area contributed by atoms with E-state index in [1.165, 1.54) is 0 Å². The summed E-state index contributed by atoms with van der Waals surface area (Å²) in [6.07, 6.45) is 3.98. The molecule has 7 nitrogen and oxygen atoms in total. The number of hydrogen-bond donors (Lipinski definition) is 3. The van der Waals surface area contributed by atoms with Gasteiger partial charge in [-0.05, 0) is 63.4 Å². The van der Waals surface area contributed by atoms with Gasteiger partial charge in [-0.15, -0.1) is 12.4 Å². The van der Waals surface area contributed by atoms with Crippen LogP contribution in [0.1, 0.15) is 39.5 Å². The highest BCUT2D eigenvalue weighted by atomic mass is 35.5. The lowest BCUT2D eigenvalue weighted by Gasteiger charge is -2.31. The predicted octanol–water partition coefficient (Wildman–Crippen LogP) is 2.27. The number of amides is 1. The van der Waals surface area contributed by atoms with E-state index >= 15 is 0 Å². The van der Waals surface area contributed by atoms with Gasteiger partial charge in [0.2, 0.25) is 15.9 Å². The summed E-state index contributed by atoms with van der Waals surface area (Å²) in [5, 5.41) is 2.83. The first-order chi connectivity index (χ1) is 12.3. The number of carbonyl (C=O) groups excluding carboxylic acids is 1. The van der Waals surface area contributed by atoms with Gasteiger partial charge in [0.05, 0.1) is 6.10 Å². The van der Waals surface area contributed by atoms with Crippen LogP contribution < -0.4 is 20.5 Å². The zero-order valence-electron chi connectivity index (χ0n) is 15.8. The van der Waals surface area contributed by atoms with Crippen molar-refractivity contribution >= 4 is 34.0 Å². The molecule has 9 heteroatoms. The Labute approximate surface area is 167 Å². The summed E-state index contributed by atoms with van der Waals surface area (Å²) in [6.45, 7) is 4.33. The first-order valence-corrected chi connectivity index (χ1v) is 10.7. The summed E-state index contributed by atoms with van der Waals surface area (Å²) in [4.78, 5) is 12.2. The first kappa shape index (κ1) is 23.5. The molecule has 0 saturated heterocycles. The highest BCUT2D eigenvalue weighted by Gasteiger charge is 2.27. The SMILES string of the molecule is CC(C)Oc1ccc(NS(=O)(=O)CC(=O)NC2CCCCC2CN)cc1.Cl. The van der Waals surface area contributed by atoms with Crippen molar-refractivity contribution in [2.24, 2.45) is 11.7 Å². The molecular weight excluding hydrogens is 390 g/mol. The lowest BCUT2D eigenvalue weighted by Crippen LogP contribution is -2.46. The summed E-state index contributed by atoms with van der Waals surface area (Å²) < 4.78 is 32.4. The molecule has 0 heterocycles. The van der Waals surface area contributed by atoms with Crippen molar-refractivity contribution in [1.29, 1.82) is 0 Å². The van der Waals surface area contributed by atoms with Gasteiger partial charge < -0.3 is 15.8 Å². The van der Waals surface area contributed by atoms with Crippen LogP contribution in [-0.2, 0) is 14.8 Å². The van der Waals surface area contributed by atoms with E-state index in [9.17, 15) is 13.2 Å². The maximum Gasteiger partial charge on any atom is 0.241 e. The van der Waals surface area contributed by atoms with Crippen LogP contribution in [0, 0.1) is 5.92 Å². The average Bonchev–Trinajstić information content (AvgIpc) is 2.55. The van der Waals surface area contributed by atoms with Crippen LogP contribution in [0.5, 0.6) is 5.75 Å². The third-order valence-electron chi connectivity index (χ3n) is 4.38. The Balaban J connectivity index is 0.00000364. The maximum atomic E-state index is 12.2. The zero-order chi connectivity index (χ0) is 19.2. The van der Waals surface area contributed by atoms with E-state index in [4.69, 9.17) is 10.5 Å². The van der Waals surface area contributed by atoms with Crippen molar-refractivity contribution in [2.45, 2.75) is 51.7 Å². The molecule has 2 rings (SSSR count). The summed E-state index contributed by atoms with van der Waals surface area (Å²) >= 11 is 0. The summed E-state index contributed by atoms with van der Waals surface area (Å²) in [7, 11) is -3.78.